The van der Waals surface area contributed by atoms with Crippen molar-refractivity contribution in [3.63, 3.8) is 0 Å². The standard InChI is InChI=1S/C18H25NO/c1-12-11-19-18(20-12)17-8-4-7-15-14-6-3-2-5-13(14)9-10-16(15)17/h10,13-15,17H,1-9,11H2. The Morgan fingerprint density at radius 3 is 2.85 bits per heavy atom. The van der Waals surface area contributed by atoms with Gasteiger partial charge in [-0.2, -0.15) is 0 Å². The highest BCUT2D eigenvalue weighted by Crippen LogP contribution is 2.50. The molecule has 0 bridgehead atoms. The molecule has 0 amide bonds. The summed E-state index contributed by atoms with van der Waals surface area (Å²) in [6, 6.07) is 0. The second-order valence-electron chi connectivity index (χ2n) is 7.03. The van der Waals surface area contributed by atoms with Gasteiger partial charge in [-0.15, -0.1) is 0 Å². The topological polar surface area (TPSA) is 21.6 Å². The molecule has 0 aromatic heterocycles. The largest absolute Gasteiger partial charge is 0.446 e. The van der Waals surface area contributed by atoms with E-state index in [9.17, 15) is 0 Å². The number of hydrogen-bond donors (Lipinski definition) is 0. The van der Waals surface area contributed by atoms with E-state index in [1.165, 1.54) is 51.4 Å². The highest BCUT2D eigenvalue weighted by molar-refractivity contribution is 5.84. The third-order valence-electron chi connectivity index (χ3n) is 5.94. The van der Waals surface area contributed by atoms with Crippen LogP contribution in [0.25, 0.3) is 0 Å². The first-order chi connectivity index (χ1) is 9.83. The van der Waals surface area contributed by atoms with Gasteiger partial charge in [-0.3, -0.25) is 0 Å². The zero-order valence-corrected chi connectivity index (χ0v) is 12.3. The van der Waals surface area contributed by atoms with E-state index in [0.717, 1.165) is 29.4 Å². The van der Waals surface area contributed by atoms with Gasteiger partial charge in [0.15, 0.2) is 5.90 Å². The third kappa shape index (κ3) is 2.04. The van der Waals surface area contributed by atoms with Crippen LogP contribution in [0.5, 0.6) is 0 Å². The molecular weight excluding hydrogens is 246 g/mol. The van der Waals surface area contributed by atoms with Gasteiger partial charge in [-0.05, 0) is 49.9 Å². The maximum atomic E-state index is 5.80. The van der Waals surface area contributed by atoms with Crippen LogP contribution in [0.3, 0.4) is 0 Å². The summed E-state index contributed by atoms with van der Waals surface area (Å²) in [5.74, 6) is 5.02. The molecule has 1 heterocycles. The molecule has 0 aromatic carbocycles. The van der Waals surface area contributed by atoms with Crippen molar-refractivity contribution in [1.82, 2.24) is 0 Å². The summed E-state index contributed by atoms with van der Waals surface area (Å²) in [6.07, 6.45) is 13.7. The van der Waals surface area contributed by atoms with Crippen molar-refractivity contribution in [1.29, 1.82) is 0 Å². The molecule has 0 saturated heterocycles. The molecule has 108 valence electrons. The molecule has 0 spiro atoms. The molecule has 4 aliphatic rings. The first-order valence-corrected chi connectivity index (χ1v) is 8.43. The van der Waals surface area contributed by atoms with Crippen molar-refractivity contribution in [3.8, 4) is 0 Å². The number of hydrogen-bond acceptors (Lipinski definition) is 2. The van der Waals surface area contributed by atoms with E-state index in [4.69, 9.17) is 4.74 Å². The van der Waals surface area contributed by atoms with Gasteiger partial charge in [0.25, 0.3) is 0 Å². The van der Waals surface area contributed by atoms with E-state index in [1.54, 1.807) is 5.57 Å². The number of aliphatic imine (C=N–C) groups is 1. The average Bonchev–Trinajstić information content (AvgIpc) is 2.93. The first kappa shape index (κ1) is 12.7. The van der Waals surface area contributed by atoms with Gasteiger partial charge in [0.05, 0.1) is 5.92 Å². The highest BCUT2D eigenvalue weighted by Gasteiger charge is 2.42. The zero-order valence-electron chi connectivity index (χ0n) is 12.3. The summed E-state index contributed by atoms with van der Waals surface area (Å²) >= 11 is 0. The minimum atomic E-state index is 0.468. The number of fused-ring (bicyclic) bond motifs is 3. The lowest BCUT2D eigenvalue weighted by Gasteiger charge is -2.45. The molecule has 0 aromatic rings. The summed E-state index contributed by atoms with van der Waals surface area (Å²) in [6.45, 7) is 4.59. The molecule has 2 nitrogen and oxygen atoms in total. The van der Waals surface area contributed by atoms with Crippen LogP contribution >= 0.6 is 0 Å². The van der Waals surface area contributed by atoms with E-state index in [1.807, 2.05) is 0 Å². The van der Waals surface area contributed by atoms with E-state index < -0.39 is 0 Å². The highest BCUT2D eigenvalue weighted by atomic mass is 16.5. The Bertz CT molecular complexity index is 476. The van der Waals surface area contributed by atoms with Gasteiger partial charge in [-0.25, -0.2) is 4.99 Å². The second kappa shape index (κ2) is 5.05. The van der Waals surface area contributed by atoms with Crippen LogP contribution in [0, 0.1) is 23.7 Å². The SMILES string of the molecule is C=C1CN=C(C2CCCC3C2=CCC2CCCCC23)O1. The molecule has 4 unspecified atom stereocenters. The smallest absolute Gasteiger partial charge is 0.197 e. The molecule has 4 atom stereocenters. The lowest BCUT2D eigenvalue weighted by atomic mass is 9.60. The predicted octanol–water partition coefficient (Wildman–Crippen LogP) is 4.48. The van der Waals surface area contributed by atoms with Gasteiger partial charge in [0.1, 0.15) is 12.3 Å². The Kier molecular flexibility index (Phi) is 3.20. The predicted molar refractivity (Wildman–Crippen MR) is 81.5 cm³/mol. The van der Waals surface area contributed by atoms with Crippen molar-refractivity contribution in [2.75, 3.05) is 6.54 Å². The molecular formula is C18H25NO. The molecule has 20 heavy (non-hydrogen) atoms. The van der Waals surface area contributed by atoms with Crippen LogP contribution in [0.1, 0.15) is 51.4 Å². The van der Waals surface area contributed by atoms with E-state index in [-0.39, 0.29) is 0 Å². The average molecular weight is 271 g/mol. The lowest BCUT2D eigenvalue weighted by molar-refractivity contribution is 0.140. The summed E-state index contributed by atoms with van der Waals surface area (Å²) in [5, 5.41) is 0. The minimum absolute atomic E-state index is 0.468. The fraction of sp³-hybridized carbons (Fsp3) is 0.722. The maximum Gasteiger partial charge on any atom is 0.197 e. The van der Waals surface area contributed by atoms with Crippen LogP contribution < -0.4 is 0 Å². The maximum absolute atomic E-state index is 5.80. The molecule has 2 heteroatoms. The fourth-order valence-corrected chi connectivity index (χ4v) is 5.06. The van der Waals surface area contributed by atoms with Crippen LogP contribution in [0.2, 0.25) is 0 Å². The summed E-state index contributed by atoms with van der Waals surface area (Å²) < 4.78 is 5.80. The molecule has 3 aliphatic carbocycles. The van der Waals surface area contributed by atoms with Gasteiger partial charge in [-0.1, -0.05) is 37.5 Å². The van der Waals surface area contributed by atoms with E-state index in [0.29, 0.717) is 12.5 Å². The van der Waals surface area contributed by atoms with Crippen molar-refractivity contribution in [3.05, 3.63) is 24.0 Å². The van der Waals surface area contributed by atoms with E-state index in [2.05, 4.69) is 17.6 Å². The van der Waals surface area contributed by atoms with Crippen molar-refractivity contribution in [2.45, 2.75) is 51.4 Å². The van der Waals surface area contributed by atoms with Crippen molar-refractivity contribution in [2.24, 2.45) is 28.7 Å². The van der Waals surface area contributed by atoms with Crippen molar-refractivity contribution < 1.29 is 4.74 Å². The zero-order chi connectivity index (χ0) is 13.5. The van der Waals surface area contributed by atoms with Crippen molar-refractivity contribution >= 4 is 5.90 Å². The summed E-state index contributed by atoms with van der Waals surface area (Å²) in [5.41, 5.74) is 1.67. The van der Waals surface area contributed by atoms with Gasteiger partial charge in [0, 0.05) is 0 Å². The van der Waals surface area contributed by atoms with Crippen LogP contribution in [0.15, 0.2) is 29.0 Å². The Morgan fingerprint density at radius 2 is 2.00 bits per heavy atom. The number of allylic oxidation sites excluding steroid dienone is 1. The van der Waals surface area contributed by atoms with Gasteiger partial charge in [0.2, 0.25) is 0 Å². The third-order valence-corrected chi connectivity index (χ3v) is 5.94. The van der Waals surface area contributed by atoms with E-state index >= 15 is 0 Å². The molecule has 0 N–H and O–H groups in total. The Labute approximate surface area is 122 Å². The normalized spacial score (nSPS) is 40.3. The fourth-order valence-electron chi connectivity index (χ4n) is 5.06. The summed E-state index contributed by atoms with van der Waals surface area (Å²) in [4.78, 5) is 4.59. The Morgan fingerprint density at radius 1 is 1.10 bits per heavy atom. The summed E-state index contributed by atoms with van der Waals surface area (Å²) in [7, 11) is 0. The molecule has 4 rings (SSSR count). The Balaban J connectivity index is 1.60. The minimum Gasteiger partial charge on any atom is -0.446 e. The lowest BCUT2D eigenvalue weighted by Crippen LogP contribution is -2.37. The number of nitrogens with zero attached hydrogens (tertiary/aromatic N) is 1. The second-order valence-corrected chi connectivity index (χ2v) is 7.03. The monoisotopic (exact) mass is 271 g/mol. The Hall–Kier alpha value is -1.05. The molecule has 1 aliphatic heterocycles. The quantitative estimate of drug-likeness (QED) is 0.644. The van der Waals surface area contributed by atoms with Gasteiger partial charge >= 0.3 is 0 Å². The molecule has 2 saturated carbocycles. The van der Waals surface area contributed by atoms with Crippen LogP contribution in [0.4, 0.5) is 0 Å². The van der Waals surface area contributed by atoms with Crippen LogP contribution in [-0.2, 0) is 4.74 Å². The number of ether oxygens (including phenoxy) is 1. The van der Waals surface area contributed by atoms with Crippen LogP contribution in [-0.4, -0.2) is 12.4 Å². The molecule has 2 fully saturated rings. The number of rotatable bonds is 1. The molecule has 0 radical (unpaired) electrons. The van der Waals surface area contributed by atoms with Gasteiger partial charge < -0.3 is 4.74 Å². The first-order valence-electron chi connectivity index (χ1n) is 8.43.